The Hall–Kier alpha value is -2.82. The first-order chi connectivity index (χ1) is 14.0. The van der Waals surface area contributed by atoms with Gasteiger partial charge in [-0.3, -0.25) is 9.59 Å². The van der Waals surface area contributed by atoms with E-state index in [4.69, 9.17) is 4.74 Å². The Kier molecular flexibility index (Phi) is 6.91. The highest BCUT2D eigenvalue weighted by Gasteiger charge is 2.38. The van der Waals surface area contributed by atoms with Gasteiger partial charge in [0.25, 0.3) is 0 Å². The highest BCUT2D eigenvalue weighted by atomic mass is 16.5. The molecule has 0 N–H and O–H groups in total. The van der Waals surface area contributed by atoms with Gasteiger partial charge in [-0.15, -0.1) is 0 Å². The molecule has 3 rings (SSSR count). The van der Waals surface area contributed by atoms with Crippen molar-refractivity contribution >= 4 is 17.5 Å². The fourth-order valence-electron chi connectivity index (χ4n) is 3.70. The Morgan fingerprint density at radius 1 is 1.14 bits per heavy atom. The molecule has 1 aliphatic heterocycles. The van der Waals surface area contributed by atoms with Gasteiger partial charge in [0.05, 0.1) is 12.5 Å². The fourth-order valence-corrected chi connectivity index (χ4v) is 3.70. The van der Waals surface area contributed by atoms with E-state index in [0.717, 1.165) is 23.4 Å². The summed E-state index contributed by atoms with van der Waals surface area (Å²) in [5.74, 6) is 0.523. The molecule has 5 nitrogen and oxygen atoms in total. The molecule has 29 heavy (non-hydrogen) atoms. The lowest BCUT2D eigenvalue weighted by atomic mass is 10.0. The number of ether oxygens (including phenoxy) is 1. The van der Waals surface area contributed by atoms with Gasteiger partial charge in [-0.1, -0.05) is 37.3 Å². The summed E-state index contributed by atoms with van der Waals surface area (Å²) in [6, 6.07) is 17.6. The summed E-state index contributed by atoms with van der Waals surface area (Å²) < 4.78 is 5.47. The van der Waals surface area contributed by atoms with Gasteiger partial charge in [-0.25, -0.2) is 0 Å². The molecule has 0 bridgehead atoms. The fraction of sp³-hybridized carbons (Fsp3) is 0.417. The monoisotopic (exact) mass is 394 g/mol. The molecule has 1 aliphatic rings. The first-order valence-electron chi connectivity index (χ1n) is 10.4. The van der Waals surface area contributed by atoms with E-state index < -0.39 is 0 Å². The number of carbonyl (C=O) groups is 2. The SMILES string of the molecule is CCOc1ccc(N2CC(C(=O)N(Cc3ccccc3)C(C)CC)CC2=O)cc1. The zero-order chi connectivity index (χ0) is 20.8. The zero-order valence-electron chi connectivity index (χ0n) is 17.5. The lowest BCUT2D eigenvalue weighted by molar-refractivity contribution is -0.138. The van der Waals surface area contributed by atoms with Gasteiger partial charge in [0.1, 0.15) is 5.75 Å². The molecule has 2 aromatic rings. The van der Waals surface area contributed by atoms with Crippen LogP contribution in [0.5, 0.6) is 5.75 Å². The largest absolute Gasteiger partial charge is 0.494 e. The van der Waals surface area contributed by atoms with Gasteiger partial charge in [-0.05, 0) is 50.1 Å². The lowest BCUT2D eigenvalue weighted by Crippen LogP contribution is -2.42. The summed E-state index contributed by atoms with van der Waals surface area (Å²) in [5, 5.41) is 0. The molecule has 0 saturated carbocycles. The van der Waals surface area contributed by atoms with Crippen molar-refractivity contribution < 1.29 is 14.3 Å². The molecule has 1 saturated heterocycles. The third-order valence-electron chi connectivity index (χ3n) is 5.54. The van der Waals surface area contributed by atoms with Crippen molar-refractivity contribution in [1.82, 2.24) is 4.90 Å². The number of amides is 2. The van der Waals surface area contributed by atoms with E-state index in [-0.39, 0.29) is 30.2 Å². The Balaban J connectivity index is 1.73. The predicted molar refractivity (Wildman–Crippen MR) is 115 cm³/mol. The smallest absolute Gasteiger partial charge is 0.228 e. The summed E-state index contributed by atoms with van der Waals surface area (Å²) in [4.78, 5) is 29.6. The molecule has 2 atom stereocenters. The highest BCUT2D eigenvalue weighted by molar-refractivity contribution is 6.00. The number of hydrogen-bond donors (Lipinski definition) is 0. The van der Waals surface area contributed by atoms with Crippen LogP contribution >= 0.6 is 0 Å². The average Bonchev–Trinajstić information content (AvgIpc) is 3.14. The van der Waals surface area contributed by atoms with Crippen LogP contribution in [0.15, 0.2) is 54.6 Å². The molecule has 2 unspecified atom stereocenters. The summed E-state index contributed by atoms with van der Waals surface area (Å²) in [6.45, 7) is 7.69. The quantitative estimate of drug-likeness (QED) is 0.672. The third-order valence-corrected chi connectivity index (χ3v) is 5.54. The zero-order valence-corrected chi connectivity index (χ0v) is 17.5. The van der Waals surface area contributed by atoms with E-state index in [9.17, 15) is 9.59 Å². The standard InChI is InChI=1S/C24H30N2O3/c1-4-18(3)25(16-19-9-7-6-8-10-19)24(28)20-15-23(27)26(17-20)21-11-13-22(14-12-21)29-5-2/h6-14,18,20H,4-5,15-17H2,1-3H3. The maximum atomic E-state index is 13.3. The van der Waals surface area contributed by atoms with Crippen LogP contribution in [0.4, 0.5) is 5.69 Å². The molecule has 0 spiro atoms. The van der Waals surface area contributed by atoms with Crippen molar-refractivity contribution in [2.75, 3.05) is 18.1 Å². The molecule has 1 fully saturated rings. The van der Waals surface area contributed by atoms with Crippen LogP contribution in [-0.2, 0) is 16.1 Å². The van der Waals surface area contributed by atoms with E-state index in [1.807, 2.05) is 66.4 Å². The molecule has 0 aromatic heterocycles. The van der Waals surface area contributed by atoms with Crippen LogP contribution < -0.4 is 9.64 Å². The van der Waals surface area contributed by atoms with Crippen molar-refractivity contribution in [3.05, 3.63) is 60.2 Å². The van der Waals surface area contributed by atoms with Gasteiger partial charge < -0.3 is 14.5 Å². The molecular weight excluding hydrogens is 364 g/mol. The maximum absolute atomic E-state index is 13.3. The molecule has 2 amide bonds. The molecule has 1 heterocycles. The summed E-state index contributed by atoms with van der Waals surface area (Å²) in [6.07, 6.45) is 1.13. The van der Waals surface area contributed by atoms with Crippen LogP contribution in [-0.4, -0.2) is 35.9 Å². The third kappa shape index (κ3) is 4.97. The van der Waals surface area contributed by atoms with Crippen LogP contribution in [0.3, 0.4) is 0 Å². The molecule has 0 aliphatic carbocycles. The Labute approximate surface area is 173 Å². The van der Waals surface area contributed by atoms with Gasteiger partial charge in [-0.2, -0.15) is 0 Å². The van der Waals surface area contributed by atoms with Crippen LogP contribution in [0, 0.1) is 5.92 Å². The topological polar surface area (TPSA) is 49.9 Å². The highest BCUT2D eigenvalue weighted by Crippen LogP contribution is 2.29. The van der Waals surface area contributed by atoms with Crippen molar-refractivity contribution in [1.29, 1.82) is 0 Å². The minimum absolute atomic E-state index is 0.00341. The minimum atomic E-state index is -0.313. The Morgan fingerprint density at radius 3 is 2.45 bits per heavy atom. The van der Waals surface area contributed by atoms with Gasteiger partial charge in [0, 0.05) is 31.2 Å². The van der Waals surface area contributed by atoms with E-state index in [2.05, 4.69) is 13.8 Å². The number of benzene rings is 2. The van der Waals surface area contributed by atoms with Gasteiger partial charge >= 0.3 is 0 Å². The first-order valence-corrected chi connectivity index (χ1v) is 10.4. The van der Waals surface area contributed by atoms with Crippen molar-refractivity contribution in [3.63, 3.8) is 0 Å². The van der Waals surface area contributed by atoms with E-state index >= 15 is 0 Å². The summed E-state index contributed by atoms with van der Waals surface area (Å²) >= 11 is 0. The van der Waals surface area contributed by atoms with Crippen LogP contribution in [0.1, 0.15) is 39.2 Å². The molecular formula is C24H30N2O3. The minimum Gasteiger partial charge on any atom is -0.494 e. The number of hydrogen-bond acceptors (Lipinski definition) is 3. The first kappa shape index (κ1) is 20.9. The molecule has 0 radical (unpaired) electrons. The molecule has 5 heteroatoms. The normalized spacial score (nSPS) is 17.3. The predicted octanol–water partition coefficient (Wildman–Crippen LogP) is 4.27. The molecule has 2 aromatic carbocycles. The summed E-state index contributed by atoms with van der Waals surface area (Å²) in [5.41, 5.74) is 1.92. The average molecular weight is 395 g/mol. The van der Waals surface area contributed by atoms with Gasteiger partial charge in [0.15, 0.2) is 0 Å². The number of anilines is 1. The second kappa shape index (κ2) is 9.59. The summed E-state index contributed by atoms with van der Waals surface area (Å²) in [7, 11) is 0. The Morgan fingerprint density at radius 2 is 1.83 bits per heavy atom. The van der Waals surface area contributed by atoms with E-state index in [1.165, 1.54) is 0 Å². The van der Waals surface area contributed by atoms with Crippen LogP contribution in [0.25, 0.3) is 0 Å². The number of nitrogens with zero attached hydrogens (tertiary/aromatic N) is 2. The number of rotatable bonds is 8. The van der Waals surface area contributed by atoms with Crippen molar-refractivity contribution in [2.24, 2.45) is 5.92 Å². The second-order valence-corrected chi connectivity index (χ2v) is 7.54. The number of carbonyl (C=O) groups excluding carboxylic acids is 2. The van der Waals surface area contributed by atoms with Crippen molar-refractivity contribution in [3.8, 4) is 5.75 Å². The molecule has 154 valence electrons. The van der Waals surface area contributed by atoms with E-state index in [1.54, 1.807) is 4.90 Å². The van der Waals surface area contributed by atoms with E-state index in [0.29, 0.717) is 19.7 Å². The second-order valence-electron chi connectivity index (χ2n) is 7.54. The lowest BCUT2D eigenvalue weighted by Gasteiger charge is -2.31. The van der Waals surface area contributed by atoms with Crippen LogP contribution in [0.2, 0.25) is 0 Å². The van der Waals surface area contributed by atoms with Gasteiger partial charge in [0.2, 0.25) is 11.8 Å². The maximum Gasteiger partial charge on any atom is 0.228 e. The Bertz CT molecular complexity index is 820. The van der Waals surface area contributed by atoms with Crippen molar-refractivity contribution in [2.45, 2.75) is 46.2 Å².